The third-order valence-corrected chi connectivity index (χ3v) is 7.23. The highest BCUT2D eigenvalue weighted by Crippen LogP contribution is 2.30. The van der Waals surface area contributed by atoms with Crippen LogP contribution in [-0.2, 0) is 10.0 Å². The summed E-state index contributed by atoms with van der Waals surface area (Å²) in [6, 6.07) is 19.9. The van der Waals surface area contributed by atoms with Gasteiger partial charge in [-0.25, -0.2) is 13.4 Å². The highest BCUT2D eigenvalue weighted by atomic mass is 32.2. The maximum absolute atomic E-state index is 12.9. The predicted molar refractivity (Wildman–Crippen MR) is 118 cm³/mol. The Bertz CT molecular complexity index is 1460. The monoisotopic (exact) mass is 446 g/mol. The Hall–Kier alpha value is -3.62. The highest BCUT2D eigenvalue weighted by molar-refractivity contribution is 7.93. The number of rotatable bonds is 4. The van der Waals surface area contributed by atoms with Gasteiger partial charge in [-0.15, -0.1) is 11.3 Å². The molecule has 5 rings (SSSR count). The van der Waals surface area contributed by atoms with Gasteiger partial charge in [-0.3, -0.25) is 14.3 Å². The molecule has 0 radical (unpaired) electrons. The number of thiazole rings is 1. The second kappa shape index (κ2) is 7.26. The first kappa shape index (κ1) is 19.3. The van der Waals surface area contributed by atoms with Gasteiger partial charge in [-0.2, -0.15) is 0 Å². The Kier molecular flexibility index (Phi) is 4.53. The Balaban J connectivity index is 1.48. The maximum Gasteiger partial charge on any atom is 0.263 e. The summed E-state index contributed by atoms with van der Waals surface area (Å²) in [4.78, 5) is 29.8. The molecule has 0 amide bonds. The van der Waals surface area contributed by atoms with Gasteiger partial charge in [0.15, 0.2) is 16.7 Å². The van der Waals surface area contributed by atoms with E-state index in [0.717, 1.165) is 16.9 Å². The topological polar surface area (TPSA) is 93.2 Å². The van der Waals surface area contributed by atoms with Gasteiger partial charge in [0, 0.05) is 33.2 Å². The summed E-state index contributed by atoms with van der Waals surface area (Å²) < 4.78 is 28.3. The lowest BCUT2D eigenvalue weighted by Gasteiger charge is -2.18. The van der Waals surface area contributed by atoms with Crippen molar-refractivity contribution in [1.29, 1.82) is 0 Å². The quantitative estimate of drug-likeness (QED) is 0.442. The molecule has 0 saturated carbocycles. The molecule has 0 bridgehead atoms. The number of anilines is 1. The van der Waals surface area contributed by atoms with Crippen LogP contribution < -0.4 is 4.72 Å². The zero-order valence-electron chi connectivity index (χ0n) is 15.9. The van der Waals surface area contributed by atoms with Crippen LogP contribution in [0.25, 0.3) is 11.3 Å². The number of sulfonamides is 1. The van der Waals surface area contributed by atoms with Gasteiger partial charge in [0.05, 0.1) is 10.6 Å². The van der Waals surface area contributed by atoms with Crippen molar-refractivity contribution >= 4 is 38.1 Å². The normalized spacial score (nSPS) is 12.9. The van der Waals surface area contributed by atoms with Gasteiger partial charge in [-0.1, -0.05) is 54.6 Å². The van der Waals surface area contributed by atoms with E-state index in [1.54, 1.807) is 29.6 Å². The average Bonchev–Trinajstić information content (AvgIpc) is 3.25. The average molecular weight is 447 g/mol. The van der Waals surface area contributed by atoms with Crippen LogP contribution >= 0.6 is 11.3 Å². The van der Waals surface area contributed by atoms with Crippen LogP contribution in [0, 0.1) is 0 Å². The van der Waals surface area contributed by atoms with Crippen molar-refractivity contribution in [2.45, 2.75) is 4.90 Å². The third kappa shape index (κ3) is 3.35. The van der Waals surface area contributed by atoms with Crippen molar-refractivity contribution in [2.24, 2.45) is 0 Å². The molecule has 0 spiro atoms. The van der Waals surface area contributed by atoms with Gasteiger partial charge < -0.3 is 0 Å². The molecule has 4 aromatic rings. The van der Waals surface area contributed by atoms with E-state index in [1.807, 2.05) is 30.3 Å². The van der Waals surface area contributed by atoms with Gasteiger partial charge in [0.1, 0.15) is 0 Å². The van der Waals surface area contributed by atoms with E-state index < -0.39 is 10.0 Å². The smallest absolute Gasteiger partial charge is 0.263 e. The lowest BCUT2D eigenvalue weighted by atomic mass is 9.84. The Morgan fingerprint density at radius 1 is 0.742 bits per heavy atom. The zero-order chi connectivity index (χ0) is 21.6. The summed E-state index contributed by atoms with van der Waals surface area (Å²) >= 11 is 1.16. The summed E-state index contributed by atoms with van der Waals surface area (Å²) in [6.45, 7) is 0. The second-order valence-electron chi connectivity index (χ2n) is 6.92. The number of ketones is 2. The molecule has 8 heteroatoms. The van der Waals surface area contributed by atoms with Crippen molar-refractivity contribution in [3.05, 3.63) is 100 Å². The van der Waals surface area contributed by atoms with Crippen LogP contribution in [0.1, 0.15) is 31.8 Å². The minimum absolute atomic E-state index is 0.0793. The summed E-state index contributed by atoms with van der Waals surface area (Å²) in [5.41, 5.74) is 2.41. The fourth-order valence-electron chi connectivity index (χ4n) is 3.48. The molecule has 0 atom stereocenters. The first-order chi connectivity index (χ1) is 14.9. The van der Waals surface area contributed by atoms with Gasteiger partial charge in [0.25, 0.3) is 10.0 Å². The van der Waals surface area contributed by atoms with Crippen molar-refractivity contribution < 1.29 is 18.0 Å². The van der Waals surface area contributed by atoms with Crippen molar-refractivity contribution in [2.75, 3.05) is 4.72 Å². The lowest BCUT2D eigenvalue weighted by molar-refractivity contribution is 0.0979. The number of carbonyl (C=O) groups excluding carboxylic acids is 2. The number of carbonyl (C=O) groups is 2. The number of hydrogen-bond donors (Lipinski definition) is 1. The number of aromatic nitrogens is 1. The van der Waals surface area contributed by atoms with Crippen molar-refractivity contribution in [3.8, 4) is 11.3 Å². The molecule has 0 aliphatic heterocycles. The van der Waals surface area contributed by atoms with Crippen LogP contribution in [0.5, 0.6) is 0 Å². The predicted octanol–water partition coefficient (Wildman–Crippen LogP) is 4.39. The number of nitrogens with zero attached hydrogens (tertiary/aromatic N) is 1. The molecule has 1 heterocycles. The molecule has 31 heavy (non-hydrogen) atoms. The standard InChI is InChI=1S/C23H14N2O4S2/c26-21-16-8-4-5-9-17(16)22(27)19-12-15(10-11-18(19)21)31(28,29)25-23-24-20(13-30-23)14-6-2-1-3-7-14/h1-13H,(H,24,25). The first-order valence-corrected chi connectivity index (χ1v) is 11.7. The third-order valence-electron chi connectivity index (χ3n) is 5.00. The fraction of sp³-hybridized carbons (Fsp3) is 0. The van der Waals surface area contributed by atoms with E-state index in [1.165, 1.54) is 18.2 Å². The van der Waals surface area contributed by atoms with E-state index in [0.29, 0.717) is 11.3 Å². The Morgan fingerprint density at radius 3 is 2.06 bits per heavy atom. The van der Waals surface area contributed by atoms with E-state index in [-0.39, 0.29) is 38.3 Å². The molecule has 1 aromatic heterocycles. The van der Waals surface area contributed by atoms with E-state index in [9.17, 15) is 18.0 Å². The minimum Gasteiger partial charge on any atom is -0.289 e. The Morgan fingerprint density at radius 2 is 1.35 bits per heavy atom. The van der Waals surface area contributed by atoms with Crippen LogP contribution in [0.3, 0.4) is 0 Å². The molecule has 1 aliphatic carbocycles. The van der Waals surface area contributed by atoms with E-state index in [2.05, 4.69) is 9.71 Å². The summed E-state index contributed by atoms with van der Waals surface area (Å²) in [5, 5.41) is 1.98. The number of fused-ring (bicyclic) bond motifs is 2. The summed E-state index contributed by atoms with van der Waals surface area (Å²) in [5.74, 6) is -0.669. The zero-order valence-corrected chi connectivity index (χ0v) is 17.5. The van der Waals surface area contributed by atoms with Crippen LogP contribution in [-0.4, -0.2) is 25.0 Å². The first-order valence-electron chi connectivity index (χ1n) is 9.30. The number of benzene rings is 3. The maximum atomic E-state index is 12.9. The molecule has 0 fully saturated rings. The summed E-state index contributed by atoms with van der Waals surface area (Å²) in [7, 11) is -4.00. The van der Waals surface area contributed by atoms with Crippen molar-refractivity contribution in [1.82, 2.24) is 4.98 Å². The largest absolute Gasteiger partial charge is 0.289 e. The molecule has 1 aliphatic rings. The molecule has 152 valence electrons. The van der Waals surface area contributed by atoms with E-state index in [4.69, 9.17) is 0 Å². The minimum atomic E-state index is -4.00. The fourth-order valence-corrected chi connectivity index (χ4v) is 5.48. The van der Waals surface area contributed by atoms with Gasteiger partial charge in [-0.05, 0) is 18.2 Å². The van der Waals surface area contributed by atoms with Crippen molar-refractivity contribution in [3.63, 3.8) is 0 Å². The lowest BCUT2D eigenvalue weighted by Crippen LogP contribution is -2.22. The highest BCUT2D eigenvalue weighted by Gasteiger charge is 2.31. The molecule has 1 N–H and O–H groups in total. The Labute approximate surface area is 182 Å². The molecule has 0 unspecified atom stereocenters. The van der Waals surface area contributed by atoms with Gasteiger partial charge in [0.2, 0.25) is 0 Å². The molecule has 6 nitrogen and oxygen atoms in total. The number of hydrogen-bond acceptors (Lipinski definition) is 6. The summed E-state index contributed by atoms with van der Waals surface area (Å²) in [6.07, 6.45) is 0. The van der Waals surface area contributed by atoms with Gasteiger partial charge >= 0.3 is 0 Å². The molecular weight excluding hydrogens is 432 g/mol. The SMILES string of the molecule is O=C1c2ccccc2C(=O)c2cc(S(=O)(=O)Nc3nc(-c4ccccc4)cs3)ccc21. The second-order valence-corrected chi connectivity index (χ2v) is 9.46. The van der Waals surface area contributed by atoms with E-state index >= 15 is 0 Å². The molecule has 3 aromatic carbocycles. The molecular formula is C23H14N2O4S2. The number of nitrogens with one attached hydrogen (secondary N) is 1. The van der Waals surface area contributed by atoms with Crippen LogP contribution in [0.15, 0.2) is 83.1 Å². The van der Waals surface area contributed by atoms with Crippen LogP contribution in [0.2, 0.25) is 0 Å². The molecule has 0 saturated heterocycles. The van der Waals surface area contributed by atoms with Crippen LogP contribution in [0.4, 0.5) is 5.13 Å².